The molecule has 2 atom stereocenters. The summed E-state index contributed by atoms with van der Waals surface area (Å²) in [5.41, 5.74) is 0.0924. The largest absolute Gasteiger partial charge is 0.478 e. The van der Waals surface area contributed by atoms with Crippen molar-refractivity contribution in [2.75, 3.05) is 5.32 Å². The fourth-order valence-corrected chi connectivity index (χ4v) is 2.42. The summed E-state index contributed by atoms with van der Waals surface area (Å²) in [6.45, 7) is 2.19. The predicted molar refractivity (Wildman–Crippen MR) is 66.6 cm³/mol. The lowest BCUT2D eigenvalue weighted by Crippen LogP contribution is -2.22. The van der Waals surface area contributed by atoms with Crippen LogP contribution in [0.15, 0.2) is 12.3 Å². The first-order chi connectivity index (χ1) is 8.08. The lowest BCUT2D eigenvalue weighted by Gasteiger charge is -2.18. The Morgan fingerprint density at radius 2 is 2.35 bits per heavy atom. The second kappa shape index (κ2) is 4.92. The zero-order chi connectivity index (χ0) is 12.4. The lowest BCUT2D eigenvalue weighted by molar-refractivity contribution is 0.0697. The van der Waals surface area contributed by atoms with Crippen molar-refractivity contribution in [1.82, 2.24) is 4.98 Å². The summed E-state index contributed by atoms with van der Waals surface area (Å²) in [7, 11) is 0. The van der Waals surface area contributed by atoms with E-state index in [1.54, 1.807) is 0 Å². The number of nitrogens with one attached hydrogen (secondary N) is 1. The topological polar surface area (TPSA) is 62.2 Å². The highest BCUT2D eigenvalue weighted by Crippen LogP contribution is 2.28. The number of aromatic nitrogens is 1. The lowest BCUT2D eigenvalue weighted by atomic mass is 10.1. The van der Waals surface area contributed by atoms with Crippen LogP contribution in [-0.2, 0) is 0 Å². The summed E-state index contributed by atoms with van der Waals surface area (Å²) >= 11 is 5.77. The quantitative estimate of drug-likeness (QED) is 0.870. The number of aromatic carboxylic acids is 1. The first-order valence-electron chi connectivity index (χ1n) is 5.73. The Morgan fingerprint density at radius 3 is 2.94 bits per heavy atom. The van der Waals surface area contributed by atoms with E-state index < -0.39 is 5.97 Å². The Labute approximate surface area is 105 Å². The van der Waals surface area contributed by atoms with E-state index in [2.05, 4.69) is 17.2 Å². The van der Waals surface area contributed by atoms with Gasteiger partial charge in [-0.25, -0.2) is 9.78 Å². The Morgan fingerprint density at radius 1 is 1.59 bits per heavy atom. The number of carbonyl (C=O) groups is 1. The maximum Gasteiger partial charge on any atom is 0.337 e. The van der Waals surface area contributed by atoms with E-state index in [9.17, 15) is 4.79 Å². The van der Waals surface area contributed by atoms with Gasteiger partial charge in [-0.15, -0.1) is 0 Å². The molecule has 92 valence electrons. The third-order valence-electron chi connectivity index (χ3n) is 3.28. The molecular formula is C12H15ClN2O2. The minimum Gasteiger partial charge on any atom is -0.478 e. The van der Waals surface area contributed by atoms with Gasteiger partial charge in [0.2, 0.25) is 0 Å². The molecule has 0 aliphatic heterocycles. The molecule has 4 nitrogen and oxygen atoms in total. The summed E-state index contributed by atoms with van der Waals surface area (Å²) in [6, 6.07) is 1.88. The number of anilines is 1. The molecule has 1 aliphatic rings. The van der Waals surface area contributed by atoms with Crippen LogP contribution in [0, 0.1) is 5.92 Å². The first-order valence-corrected chi connectivity index (χ1v) is 6.11. The van der Waals surface area contributed by atoms with E-state index in [1.807, 2.05) is 0 Å². The van der Waals surface area contributed by atoms with Gasteiger partial charge in [0, 0.05) is 12.2 Å². The molecule has 5 heteroatoms. The molecule has 0 amide bonds. The van der Waals surface area contributed by atoms with Crippen molar-refractivity contribution in [2.24, 2.45) is 5.92 Å². The van der Waals surface area contributed by atoms with Crippen LogP contribution in [0.3, 0.4) is 0 Å². The minimum absolute atomic E-state index is 0.0924. The second-order valence-corrected chi connectivity index (χ2v) is 4.92. The van der Waals surface area contributed by atoms with E-state index in [0.717, 1.165) is 6.42 Å². The fourth-order valence-electron chi connectivity index (χ4n) is 2.23. The number of halogens is 1. The molecule has 0 saturated heterocycles. The molecule has 0 spiro atoms. The standard InChI is InChI=1S/C12H15ClN2O2/c1-7-3-2-4-10(7)15-11-5-8(12(16)17)9(13)6-14-11/h5-7,10H,2-4H2,1H3,(H,14,15)(H,16,17). The van der Waals surface area contributed by atoms with Crippen LogP contribution in [0.25, 0.3) is 0 Å². The second-order valence-electron chi connectivity index (χ2n) is 4.51. The molecular weight excluding hydrogens is 240 g/mol. The van der Waals surface area contributed by atoms with Gasteiger partial charge in [0.15, 0.2) is 0 Å². The Hall–Kier alpha value is -1.29. The number of hydrogen-bond acceptors (Lipinski definition) is 3. The Balaban J connectivity index is 2.16. The van der Waals surface area contributed by atoms with Crippen molar-refractivity contribution < 1.29 is 9.90 Å². The molecule has 1 saturated carbocycles. The van der Waals surface area contributed by atoms with E-state index in [0.29, 0.717) is 17.8 Å². The predicted octanol–water partition coefficient (Wildman–Crippen LogP) is 3.03. The van der Waals surface area contributed by atoms with Gasteiger partial charge in [-0.2, -0.15) is 0 Å². The van der Waals surface area contributed by atoms with Gasteiger partial charge in [0.25, 0.3) is 0 Å². The van der Waals surface area contributed by atoms with Crippen LogP contribution in [0.2, 0.25) is 5.02 Å². The first kappa shape index (κ1) is 12.2. The third kappa shape index (κ3) is 2.69. The molecule has 1 aliphatic carbocycles. The summed E-state index contributed by atoms with van der Waals surface area (Å²) < 4.78 is 0. The van der Waals surface area contributed by atoms with Crippen LogP contribution in [-0.4, -0.2) is 22.1 Å². The summed E-state index contributed by atoms with van der Waals surface area (Å²) in [5.74, 6) is 0.159. The number of pyridine rings is 1. The number of carboxylic acid groups (broad SMARTS) is 1. The molecule has 0 bridgehead atoms. The highest BCUT2D eigenvalue weighted by Gasteiger charge is 2.23. The van der Waals surface area contributed by atoms with Crippen LogP contribution in [0.5, 0.6) is 0 Å². The number of hydrogen-bond donors (Lipinski definition) is 2. The molecule has 2 unspecified atom stereocenters. The SMILES string of the molecule is CC1CCCC1Nc1cc(C(=O)O)c(Cl)cn1. The third-order valence-corrected chi connectivity index (χ3v) is 3.58. The van der Waals surface area contributed by atoms with Crippen molar-refractivity contribution >= 4 is 23.4 Å². The maximum atomic E-state index is 10.9. The minimum atomic E-state index is -1.03. The zero-order valence-corrected chi connectivity index (χ0v) is 10.4. The monoisotopic (exact) mass is 254 g/mol. The average molecular weight is 255 g/mol. The van der Waals surface area contributed by atoms with Crippen molar-refractivity contribution in [3.8, 4) is 0 Å². The average Bonchev–Trinajstić information content (AvgIpc) is 2.67. The molecule has 1 aromatic heterocycles. The van der Waals surface area contributed by atoms with Crippen molar-refractivity contribution in [1.29, 1.82) is 0 Å². The maximum absolute atomic E-state index is 10.9. The van der Waals surface area contributed by atoms with Crippen LogP contribution in [0.4, 0.5) is 5.82 Å². The fraction of sp³-hybridized carbons (Fsp3) is 0.500. The van der Waals surface area contributed by atoms with Crippen LogP contribution in [0.1, 0.15) is 36.5 Å². The van der Waals surface area contributed by atoms with Gasteiger partial charge in [-0.1, -0.05) is 24.9 Å². The molecule has 0 radical (unpaired) electrons. The molecule has 2 rings (SSSR count). The van der Waals surface area contributed by atoms with Crippen molar-refractivity contribution in [2.45, 2.75) is 32.2 Å². The number of carboxylic acids is 1. The van der Waals surface area contributed by atoms with E-state index in [4.69, 9.17) is 16.7 Å². The Bertz CT molecular complexity index is 437. The van der Waals surface area contributed by atoms with E-state index in [1.165, 1.54) is 25.1 Å². The Kier molecular flexibility index (Phi) is 3.52. The van der Waals surface area contributed by atoms with Gasteiger partial charge < -0.3 is 10.4 Å². The van der Waals surface area contributed by atoms with E-state index >= 15 is 0 Å². The molecule has 1 aromatic rings. The molecule has 17 heavy (non-hydrogen) atoms. The normalized spacial score (nSPS) is 23.6. The molecule has 0 aromatic carbocycles. The number of rotatable bonds is 3. The number of nitrogens with zero attached hydrogens (tertiary/aromatic N) is 1. The van der Waals surface area contributed by atoms with Gasteiger partial charge in [-0.3, -0.25) is 0 Å². The highest BCUT2D eigenvalue weighted by atomic mass is 35.5. The highest BCUT2D eigenvalue weighted by molar-refractivity contribution is 6.33. The van der Waals surface area contributed by atoms with Crippen molar-refractivity contribution in [3.63, 3.8) is 0 Å². The van der Waals surface area contributed by atoms with Crippen molar-refractivity contribution in [3.05, 3.63) is 22.8 Å². The van der Waals surface area contributed by atoms with Gasteiger partial charge in [0.1, 0.15) is 5.82 Å². The summed E-state index contributed by atoms with van der Waals surface area (Å²) in [4.78, 5) is 15.0. The molecule has 2 N–H and O–H groups in total. The summed E-state index contributed by atoms with van der Waals surface area (Å²) in [6.07, 6.45) is 4.90. The summed E-state index contributed by atoms with van der Waals surface area (Å²) in [5, 5.41) is 12.4. The zero-order valence-electron chi connectivity index (χ0n) is 9.61. The molecule has 1 heterocycles. The van der Waals surface area contributed by atoms with E-state index in [-0.39, 0.29) is 10.6 Å². The van der Waals surface area contributed by atoms with Gasteiger partial charge in [-0.05, 0) is 24.8 Å². The van der Waals surface area contributed by atoms with Gasteiger partial charge in [0.05, 0.1) is 10.6 Å². The van der Waals surface area contributed by atoms with Crippen LogP contribution >= 0.6 is 11.6 Å². The smallest absolute Gasteiger partial charge is 0.337 e. The molecule has 1 fully saturated rings. The van der Waals surface area contributed by atoms with Crippen LogP contribution < -0.4 is 5.32 Å². The van der Waals surface area contributed by atoms with Gasteiger partial charge >= 0.3 is 5.97 Å².